The van der Waals surface area contributed by atoms with E-state index in [2.05, 4.69) is 0 Å². The van der Waals surface area contributed by atoms with E-state index in [4.69, 9.17) is 14.6 Å². The van der Waals surface area contributed by atoms with Crippen LogP contribution in [0.4, 0.5) is 0 Å². The summed E-state index contributed by atoms with van der Waals surface area (Å²) in [5.41, 5.74) is 0. The lowest BCUT2D eigenvalue weighted by molar-refractivity contribution is 0.0989. The summed E-state index contributed by atoms with van der Waals surface area (Å²) in [6, 6.07) is 0. The molecule has 0 rings (SSSR count). The van der Waals surface area contributed by atoms with Crippen molar-refractivity contribution in [3.05, 3.63) is 0 Å². The summed E-state index contributed by atoms with van der Waals surface area (Å²) in [5.74, 6) is 0.540. The molecule has 0 aromatic carbocycles. The van der Waals surface area contributed by atoms with Crippen LogP contribution in [0, 0.1) is 5.92 Å². The van der Waals surface area contributed by atoms with Crippen LogP contribution in [-0.4, -0.2) is 38.1 Å². The highest BCUT2D eigenvalue weighted by Gasteiger charge is 2.07. The van der Waals surface area contributed by atoms with E-state index in [1.165, 1.54) is 0 Å². The number of aliphatic hydroxyl groups is 1. The van der Waals surface area contributed by atoms with Gasteiger partial charge in [0.15, 0.2) is 0 Å². The molecular weight excluding hydrogens is 180 g/mol. The van der Waals surface area contributed by atoms with E-state index < -0.39 is 0 Å². The van der Waals surface area contributed by atoms with Crippen LogP contribution in [-0.2, 0) is 9.47 Å². The summed E-state index contributed by atoms with van der Waals surface area (Å²) in [4.78, 5) is 0. The zero-order valence-electron chi connectivity index (χ0n) is 9.50. The molecule has 0 spiro atoms. The lowest BCUT2D eigenvalue weighted by atomic mass is 9.99. The van der Waals surface area contributed by atoms with Crippen LogP contribution in [0.2, 0.25) is 0 Å². The molecule has 0 aromatic rings. The summed E-state index contributed by atoms with van der Waals surface area (Å²) >= 11 is 0. The highest BCUT2D eigenvalue weighted by atomic mass is 16.5. The van der Waals surface area contributed by atoms with Gasteiger partial charge in [-0.25, -0.2) is 0 Å². The number of ether oxygens (including phenoxy) is 2. The van der Waals surface area contributed by atoms with E-state index in [1.807, 2.05) is 13.8 Å². The molecule has 0 unspecified atom stereocenters. The van der Waals surface area contributed by atoms with E-state index in [0.717, 1.165) is 45.7 Å². The molecule has 0 atom stereocenters. The van der Waals surface area contributed by atoms with Gasteiger partial charge in [-0.1, -0.05) is 0 Å². The van der Waals surface area contributed by atoms with Gasteiger partial charge in [0.25, 0.3) is 0 Å². The van der Waals surface area contributed by atoms with Crippen LogP contribution in [0.15, 0.2) is 0 Å². The fourth-order valence-electron chi connectivity index (χ4n) is 1.40. The second-order valence-electron chi connectivity index (χ2n) is 3.35. The summed E-state index contributed by atoms with van der Waals surface area (Å²) in [5, 5.41) is 8.87. The number of rotatable bonds is 10. The van der Waals surface area contributed by atoms with Crippen molar-refractivity contribution in [2.75, 3.05) is 33.0 Å². The Morgan fingerprint density at radius 2 is 1.43 bits per heavy atom. The molecule has 0 aromatic heterocycles. The van der Waals surface area contributed by atoms with Crippen LogP contribution in [0.25, 0.3) is 0 Å². The van der Waals surface area contributed by atoms with Gasteiger partial charge in [0.2, 0.25) is 0 Å². The minimum absolute atomic E-state index is 0.267. The average molecular weight is 204 g/mol. The Morgan fingerprint density at radius 3 is 1.79 bits per heavy atom. The van der Waals surface area contributed by atoms with Gasteiger partial charge in [0.1, 0.15) is 0 Å². The molecule has 1 N–H and O–H groups in total. The highest BCUT2D eigenvalue weighted by Crippen LogP contribution is 2.13. The van der Waals surface area contributed by atoms with Gasteiger partial charge >= 0.3 is 0 Å². The van der Waals surface area contributed by atoms with E-state index in [0.29, 0.717) is 5.92 Å². The molecule has 0 aliphatic carbocycles. The first-order chi connectivity index (χ1) is 6.85. The van der Waals surface area contributed by atoms with E-state index in [-0.39, 0.29) is 6.61 Å². The smallest absolute Gasteiger partial charge is 0.0468 e. The third-order valence-electron chi connectivity index (χ3n) is 2.29. The van der Waals surface area contributed by atoms with Crippen molar-refractivity contribution in [2.24, 2.45) is 5.92 Å². The molecule has 0 aliphatic heterocycles. The monoisotopic (exact) mass is 204 g/mol. The van der Waals surface area contributed by atoms with Gasteiger partial charge in [0, 0.05) is 33.0 Å². The maximum absolute atomic E-state index is 8.87. The molecular formula is C11H24O3. The first kappa shape index (κ1) is 13.9. The normalized spacial score (nSPS) is 11.1. The van der Waals surface area contributed by atoms with Crippen molar-refractivity contribution in [3.8, 4) is 0 Å². The lowest BCUT2D eigenvalue weighted by Crippen LogP contribution is -2.10. The predicted molar refractivity (Wildman–Crippen MR) is 57.4 cm³/mol. The molecule has 0 saturated heterocycles. The summed E-state index contributed by atoms with van der Waals surface area (Å²) in [7, 11) is 0. The van der Waals surface area contributed by atoms with Gasteiger partial charge in [-0.05, 0) is 39.0 Å². The Balaban J connectivity index is 3.44. The van der Waals surface area contributed by atoms with Crippen molar-refractivity contribution in [1.29, 1.82) is 0 Å². The second kappa shape index (κ2) is 11.0. The number of hydrogen-bond acceptors (Lipinski definition) is 3. The third-order valence-corrected chi connectivity index (χ3v) is 2.29. The van der Waals surface area contributed by atoms with Crippen molar-refractivity contribution in [3.63, 3.8) is 0 Å². The topological polar surface area (TPSA) is 38.7 Å². The molecule has 0 bridgehead atoms. The minimum atomic E-state index is 0.267. The predicted octanol–water partition coefficient (Wildman–Crippen LogP) is 1.84. The molecule has 0 amide bonds. The van der Waals surface area contributed by atoms with Crippen molar-refractivity contribution in [1.82, 2.24) is 0 Å². The molecule has 0 radical (unpaired) electrons. The molecule has 0 fully saturated rings. The fourth-order valence-corrected chi connectivity index (χ4v) is 1.40. The maximum Gasteiger partial charge on any atom is 0.0468 e. The van der Waals surface area contributed by atoms with Crippen LogP contribution < -0.4 is 0 Å². The van der Waals surface area contributed by atoms with Crippen LogP contribution in [0.5, 0.6) is 0 Å². The van der Waals surface area contributed by atoms with E-state index >= 15 is 0 Å². The molecule has 3 heteroatoms. The van der Waals surface area contributed by atoms with Gasteiger partial charge < -0.3 is 14.6 Å². The van der Waals surface area contributed by atoms with Crippen LogP contribution >= 0.6 is 0 Å². The maximum atomic E-state index is 8.87. The van der Waals surface area contributed by atoms with Gasteiger partial charge in [0.05, 0.1) is 0 Å². The Bertz CT molecular complexity index is 96.7. The fraction of sp³-hybridized carbons (Fsp3) is 1.00. The highest BCUT2D eigenvalue weighted by molar-refractivity contribution is 4.58. The molecule has 0 aliphatic rings. The molecule has 0 heterocycles. The minimum Gasteiger partial charge on any atom is -0.396 e. The van der Waals surface area contributed by atoms with E-state index in [9.17, 15) is 0 Å². The lowest BCUT2D eigenvalue weighted by Gasteiger charge is -2.15. The van der Waals surface area contributed by atoms with Crippen molar-refractivity contribution < 1.29 is 14.6 Å². The summed E-state index contributed by atoms with van der Waals surface area (Å²) in [6.07, 6.45) is 2.92. The third kappa shape index (κ3) is 8.48. The quantitative estimate of drug-likeness (QED) is 0.552. The summed E-state index contributed by atoms with van der Waals surface area (Å²) < 4.78 is 10.6. The standard InChI is InChI=1S/C11H24O3/c1-3-13-9-6-11(5-8-12)7-10-14-4-2/h11-12H,3-10H2,1-2H3. The van der Waals surface area contributed by atoms with E-state index in [1.54, 1.807) is 0 Å². The van der Waals surface area contributed by atoms with Gasteiger partial charge in [-0.15, -0.1) is 0 Å². The second-order valence-corrected chi connectivity index (χ2v) is 3.35. The summed E-state index contributed by atoms with van der Waals surface area (Å²) in [6.45, 7) is 7.42. The Morgan fingerprint density at radius 1 is 0.929 bits per heavy atom. The largest absolute Gasteiger partial charge is 0.396 e. The first-order valence-electron chi connectivity index (χ1n) is 5.61. The average Bonchev–Trinajstić information content (AvgIpc) is 2.18. The van der Waals surface area contributed by atoms with Gasteiger partial charge in [-0.3, -0.25) is 0 Å². The zero-order chi connectivity index (χ0) is 10.6. The SMILES string of the molecule is CCOCCC(CCO)CCOCC. The van der Waals surface area contributed by atoms with Crippen LogP contribution in [0.3, 0.4) is 0 Å². The molecule has 86 valence electrons. The van der Waals surface area contributed by atoms with Gasteiger partial charge in [-0.2, -0.15) is 0 Å². The number of hydrogen-bond donors (Lipinski definition) is 1. The Labute approximate surface area is 87.4 Å². The van der Waals surface area contributed by atoms with Crippen molar-refractivity contribution in [2.45, 2.75) is 33.1 Å². The van der Waals surface area contributed by atoms with Crippen LogP contribution in [0.1, 0.15) is 33.1 Å². The molecule has 14 heavy (non-hydrogen) atoms. The zero-order valence-corrected chi connectivity index (χ0v) is 9.50. The Kier molecular flexibility index (Phi) is 10.9. The van der Waals surface area contributed by atoms with Crippen molar-refractivity contribution >= 4 is 0 Å². The Hall–Kier alpha value is -0.120. The molecule has 0 saturated carbocycles. The number of aliphatic hydroxyl groups excluding tert-OH is 1. The molecule has 3 nitrogen and oxygen atoms in total. The first-order valence-corrected chi connectivity index (χ1v) is 5.61.